The second-order valence-corrected chi connectivity index (χ2v) is 6.17. The zero-order chi connectivity index (χ0) is 12.3. The van der Waals surface area contributed by atoms with Crippen LogP contribution >= 0.6 is 0 Å². The summed E-state index contributed by atoms with van der Waals surface area (Å²) < 4.78 is 0. The zero-order valence-electron chi connectivity index (χ0n) is 11.0. The maximum absolute atomic E-state index is 12.1. The van der Waals surface area contributed by atoms with Gasteiger partial charge in [0, 0.05) is 12.5 Å². The van der Waals surface area contributed by atoms with Gasteiger partial charge in [0.25, 0.3) is 0 Å². The highest BCUT2D eigenvalue weighted by Gasteiger charge is 2.38. The highest BCUT2D eigenvalue weighted by atomic mass is 16.1. The first-order valence-corrected chi connectivity index (χ1v) is 7.15. The summed E-state index contributed by atoms with van der Waals surface area (Å²) in [6, 6.07) is 0.408. The average molecular weight is 238 g/mol. The van der Waals surface area contributed by atoms with Crippen LogP contribution in [0.3, 0.4) is 0 Å². The van der Waals surface area contributed by atoms with Crippen LogP contribution in [0.15, 0.2) is 0 Å². The third-order valence-electron chi connectivity index (χ3n) is 4.84. The van der Waals surface area contributed by atoms with Crippen molar-refractivity contribution in [2.75, 3.05) is 6.54 Å². The fourth-order valence-corrected chi connectivity index (χ4v) is 3.26. The monoisotopic (exact) mass is 238 g/mol. The summed E-state index contributed by atoms with van der Waals surface area (Å²) in [6.07, 6.45) is 9.15. The maximum Gasteiger partial charge on any atom is 0.220 e. The van der Waals surface area contributed by atoms with Gasteiger partial charge in [0.1, 0.15) is 0 Å². The van der Waals surface area contributed by atoms with Crippen LogP contribution in [-0.4, -0.2) is 18.5 Å². The summed E-state index contributed by atoms with van der Waals surface area (Å²) >= 11 is 0. The van der Waals surface area contributed by atoms with Crippen molar-refractivity contribution >= 4 is 5.91 Å². The third-order valence-corrected chi connectivity index (χ3v) is 4.84. The van der Waals surface area contributed by atoms with Crippen LogP contribution in [0.25, 0.3) is 0 Å². The van der Waals surface area contributed by atoms with Gasteiger partial charge in [-0.3, -0.25) is 4.79 Å². The van der Waals surface area contributed by atoms with E-state index in [4.69, 9.17) is 5.73 Å². The van der Waals surface area contributed by atoms with Crippen LogP contribution in [0.2, 0.25) is 0 Å². The van der Waals surface area contributed by atoms with Crippen LogP contribution in [0.5, 0.6) is 0 Å². The molecule has 0 aromatic heterocycles. The van der Waals surface area contributed by atoms with E-state index in [0.717, 1.165) is 19.3 Å². The number of rotatable bonds is 4. The van der Waals surface area contributed by atoms with Crippen molar-refractivity contribution in [2.45, 2.75) is 64.3 Å². The molecule has 0 spiro atoms. The Morgan fingerprint density at radius 2 is 2.00 bits per heavy atom. The van der Waals surface area contributed by atoms with E-state index in [1.807, 2.05) is 0 Å². The average Bonchev–Trinajstić information content (AvgIpc) is 2.27. The lowest BCUT2D eigenvalue weighted by atomic mass is 9.66. The molecule has 3 N–H and O–H groups in total. The molecular formula is C14H26N2O. The van der Waals surface area contributed by atoms with E-state index in [9.17, 15) is 4.79 Å². The quantitative estimate of drug-likeness (QED) is 0.789. The number of carbonyl (C=O) groups is 1. The molecule has 3 nitrogen and oxygen atoms in total. The van der Waals surface area contributed by atoms with Gasteiger partial charge in [0.2, 0.25) is 5.91 Å². The van der Waals surface area contributed by atoms with Crippen LogP contribution < -0.4 is 11.1 Å². The molecule has 2 aliphatic carbocycles. The normalized spacial score (nSPS) is 31.6. The Labute approximate surface area is 105 Å². The Bertz CT molecular complexity index is 268. The van der Waals surface area contributed by atoms with Crippen molar-refractivity contribution < 1.29 is 4.79 Å². The highest BCUT2D eigenvalue weighted by Crippen LogP contribution is 2.42. The number of amides is 1. The summed E-state index contributed by atoms with van der Waals surface area (Å²) in [6.45, 7) is 2.92. The molecule has 0 aromatic rings. The zero-order valence-corrected chi connectivity index (χ0v) is 11.0. The van der Waals surface area contributed by atoms with Gasteiger partial charge in [-0.1, -0.05) is 26.2 Å². The SMILES string of the molecule is CC1CCCCC1NC(=O)CC1(CN)CCC1. The molecule has 0 bridgehead atoms. The number of nitrogens with one attached hydrogen (secondary N) is 1. The molecule has 1 amide bonds. The van der Waals surface area contributed by atoms with E-state index in [1.165, 1.54) is 25.7 Å². The second-order valence-electron chi connectivity index (χ2n) is 6.17. The minimum Gasteiger partial charge on any atom is -0.353 e. The van der Waals surface area contributed by atoms with E-state index in [0.29, 0.717) is 24.9 Å². The fraction of sp³-hybridized carbons (Fsp3) is 0.929. The molecule has 2 saturated carbocycles. The standard InChI is InChI=1S/C14H26N2O/c1-11-5-2-3-6-12(11)16-13(17)9-14(10-15)7-4-8-14/h11-12H,2-10,15H2,1H3,(H,16,17). The van der Waals surface area contributed by atoms with E-state index >= 15 is 0 Å². The first-order chi connectivity index (χ1) is 8.15. The van der Waals surface area contributed by atoms with Crippen LogP contribution in [-0.2, 0) is 4.79 Å². The second kappa shape index (κ2) is 5.38. The lowest BCUT2D eigenvalue weighted by Gasteiger charge is -2.41. The van der Waals surface area contributed by atoms with Crippen LogP contribution in [0.4, 0.5) is 0 Å². The Balaban J connectivity index is 1.80. The predicted octanol–water partition coefficient (Wildman–Crippen LogP) is 2.20. The van der Waals surface area contributed by atoms with E-state index < -0.39 is 0 Å². The number of carbonyl (C=O) groups excluding carboxylic acids is 1. The van der Waals surface area contributed by atoms with Crippen LogP contribution in [0, 0.1) is 11.3 Å². The molecule has 17 heavy (non-hydrogen) atoms. The van der Waals surface area contributed by atoms with Crippen molar-refractivity contribution in [2.24, 2.45) is 17.1 Å². The minimum atomic E-state index is 0.141. The minimum absolute atomic E-state index is 0.141. The van der Waals surface area contributed by atoms with Gasteiger partial charge in [-0.15, -0.1) is 0 Å². The maximum atomic E-state index is 12.1. The molecule has 2 rings (SSSR count). The van der Waals surface area contributed by atoms with E-state index in [-0.39, 0.29) is 11.3 Å². The summed E-state index contributed by atoms with van der Waals surface area (Å²) in [5.74, 6) is 0.872. The number of hydrogen-bond acceptors (Lipinski definition) is 2. The van der Waals surface area contributed by atoms with E-state index in [1.54, 1.807) is 0 Å². The van der Waals surface area contributed by atoms with E-state index in [2.05, 4.69) is 12.2 Å². The Morgan fingerprint density at radius 1 is 1.29 bits per heavy atom. The summed E-state index contributed by atoms with van der Waals surface area (Å²) in [5, 5.41) is 3.23. The lowest BCUT2D eigenvalue weighted by Crippen LogP contribution is -2.46. The molecule has 2 unspecified atom stereocenters. The fourth-order valence-electron chi connectivity index (χ4n) is 3.26. The van der Waals surface area contributed by atoms with Gasteiger partial charge in [-0.2, -0.15) is 0 Å². The first-order valence-electron chi connectivity index (χ1n) is 7.15. The third kappa shape index (κ3) is 3.01. The van der Waals surface area contributed by atoms with Crippen molar-refractivity contribution in [3.05, 3.63) is 0 Å². The molecule has 0 radical (unpaired) electrons. The molecule has 0 heterocycles. The van der Waals surface area contributed by atoms with Crippen molar-refractivity contribution in [1.82, 2.24) is 5.32 Å². The Morgan fingerprint density at radius 3 is 2.53 bits per heavy atom. The molecule has 2 aliphatic rings. The molecule has 2 fully saturated rings. The molecular weight excluding hydrogens is 212 g/mol. The number of nitrogens with two attached hydrogens (primary N) is 1. The van der Waals surface area contributed by atoms with Gasteiger partial charge in [-0.05, 0) is 43.6 Å². The molecule has 3 heteroatoms. The largest absolute Gasteiger partial charge is 0.353 e. The van der Waals surface area contributed by atoms with Gasteiger partial charge >= 0.3 is 0 Å². The summed E-state index contributed by atoms with van der Waals surface area (Å²) in [4.78, 5) is 12.1. The molecule has 2 atom stereocenters. The molecule has 98 valence electrons. The lowest BCUT2D eigenvalue weighted by molar-refractivity contribution is -0.126. The number of hydrogen-bond donors (Lipinski definition) is 2. The summed E-state index contributed by atoms with van der Waals surface area (Å²) in [5.41, 5.74) is 5.94. The van der Waals surface area contributed by atoms with Gasteiger partial charge < -0.3 is 11.1 Å². The summed E-state index contributed by atoms with van der Waals surface area (Å²) in [7, 11) is 0. The van der Waals surface area contributed by atoms with Gasteiger partial charge in [-0.25, -0.2) is 0 Å². The first kappa shape index (κ1) is 12.9. The van der Waals surface area contributed by atoms with Crippen molar-refractivity contribution in [3.63, 3.8) is 0 Å². The Kier molecular flexibility index (Phi) is 4.08. The smallest absolute Gasteiger partial charge is 0.220 e. The molecule has 0 saturated heterocycles. The van der Waals surface area contributed by atoms with Crippen molar-refractivity contribution in [3.8, 4) is 0 Å². The van der Waals surface area contributed by atoms with Crippen LogP contribution in [0.1, 0.15) is 58.3 Å². The van der Waals surface area contributed by atoms with Gasteiger partial charge in [0.15, 0.2) is 0 Å². The van der Waals surface area contributed by atoms with Crippen molar-refractivity contribution in [1.29, 1.82) is 0 Å². The molecule has 0 aromatic carbocycles. The van der Waals surface area contributed by atoms with Gasteiger partial charge in [0.05, 0.1) is 0 Å². The topological polar surface area (TPSA) is 55.1 Å². The molecule has 0 aliphatic heterocycles. The Hall–Kier alpha value is -0.570. The predicted molar refractivity (Wildman–Crippen MR) is 69.5 cm³/mol. The highest BCUT2D eigenvalue weighted by molar-refractivity contribution is 5.77.